The lowest BCUT2D eigenvalue weighted by atomic mass is 9.78. The molecule has 1 aromatic heterocycles. The van der Waals surface area contributed by atoms with Crippen molar-refractivity contribution in [1.82, 2.24) is 4.98 Å². The van der Waals surface area contributed by atoms with E-state index in [0.29, 0.717) is 23.6 Å². The minimum atomic E-state index is -0.604. The molecule has 0 saturated heterocycles. The summed E-state index contributed by atoms with van der Waals surface area (Å²) in [6.45, 7) is 17.0. The molecule has 0 radical (unpaired) electrons. The van der Waals surface area contributed by atoms with Gasteiger partial charge in [-0.3, -0.25) is 0 Å². The number of fused-ring (bicyclic) bond motifs is 1. The second-order valence-electron chi connectivity index (χ2n) is 8.68. The second-order valence-corrected chi connectivity index (χ2v) is 8.68. The van der Waals surface area contributed by atoms with Crippen LogP contribution >= 0.6 is 0 Å². The molecule has 0 bridgehead atoms. The Balaban J connectivity index is 2.17. The Labute approximate surface area is 172 Å². The maximum Gasteiger partial charge on any atom is 0.339 e. The van der Waals surface area contributed by atoms with E-state index in [-0.39, 0.29) is 5.97 Å². The lowest BCUT2D eigenvalue weighted by Crippen LogP contribution is -2.28. The van der Waals surface area contributed by atoms with E-state index in [1.807, 2.05) is 45.0 Å². The molecule has 1 heterocycles. The molecule has 0 aliphatic heterocycles. The van der Waals surface area contributed by atoms with Crippen molar-refractivity contribution in [3.8, 4) is 5.88 Å². The maximum absolute atomic E-state index is 13.2. The van der Waals surface area contributed by atoms with Crippen molar-refractivity contribution in [3.63, 3.8) is 0 Å². The molecular formula is C24H26N2O3. The number of aromatic nitrogens is 1. The fourth-order valence-electron chi connectivity index (χ4n) is 3.61. The first-order valence-electron chi connectivity index (χ1n) is 9.56. The molecule has 0 unspecified atom stereocenters. The largest absolute Gasteiger partial charge is 0.481 e. The van der Waals surface area contributed by atoms with Crippen molar-refractivity contribution in [2.45, 2.75) is 52.1 Å². The Bertz CT molecular complexity index is 1040. The number of hydrogen-bond donors (Lipinski definition) is 0. The van der Waals surface area contributed by atoms with Gasteiger partial charge in [0, 0.05) is 11.5 Å². The highest BCUT2D eigenvalue weighted by molar-refractivity contribution is 6.20. The molecule has 0 atom stereocenters. The lowest BCUT2D eigenvalue weighted by Gasteiger charge is -2.28. The van der Waals surface area contributed by atoms with Crippen molar-refractivity contribution in [2.24, 2.45) is 0 Å². The average Bonchev–Trinajstić information content (AvgIpc) is 3.06. The SMILES string of the molecule is [C-]#[N+]c1ccc2c(c1)CC(C(C)(C)c1cccc(OC)n1)=C2C(=O)OC(C)(C)C. The number of allylic oxidation sites excluding steroid dienone is 1. The minimum absolute atomic E-state index is 0.349. The van der Waals surface area contributed by atoms with E-state index in [9.17, 15) is 4.79 Å². The van der Waals surface area contributed by atoms with Gasteiger partial charge in [-0.1, -0.05) is 38.1 Å². The van der Waals surface area contributed by atoms with Crippen molar-refractivity contribution in [1.29, 1.82) is 0 Å². The Morgan fingerprint density at radius 2 is 1.86 bits per heavy atom. The summed E-state index contributed by atoms with van der Waals surface area (Å²) >= 11 is 0. The molecule has 0 fully saturated rings. The third-order valence-electron chi connectivity index (χ3n) is 5.09. The van der Waals surface area contributed by atoms with Gasteiger partial charge in [0.25, 0.3) is 0 Å². The topological polar surface area (TPSA) is 52.8 Å². The molecule has 3 rings (SSSR count). The highest BCUT2D eigenvalue weighted by atomic mass is 16.6. The first kappa shape index (κ1) is 20.6. The number of rotatable bonds is 4. The van der Waals surface area contributed by atoms with E-state index < -0.39 is 11.0 Å². The maximum atomic E-state index is 13.2. The Morgan fingerprint density at radius 3 is 2.48 bits per heavy atom. The molecule has 5 nitrogen and oxygen atoms in total. The Morgan fingerprint density at radius 1 is 1.14 bits per heavy atom. The molecule has 0 spiro atoms. The van der Waals surface area contributed by atoms with Crippen LogP contribution in [0.25, 0.3) is 10.4 Å². The van der Waals surface area contributed by atoms with E-state index in [0.717, 1.165) is 22.4 Å². The number of carbonyl (C=O) groups is 1. The standard InChI is InChI=1S/C24H26N2O3/c1-23(2,3)29-22(27)21-17-12-11-16(25-6)13-15(17)14-18(21)24(4,5)19-9-8-10-20(26-19)28-7/h8-13H,14H2,1-5,7H3. The summed E-state index contributed by atoms with van der Waals surface area (Å²) in [5, 5.41) is 0. The number of esters is 1. The van der Waals surface area contributed by atoms with E-state index in [4.69, 9.17) is 16.0 Å². The molecule has 150 valence electrons. The van der Waals surface area contributed by atoms with Gasteiger partial charge in [-0.25, -0.2) is 14.6 Å². The molecule has 0 amide bonds. The van der Waals surface area contributed by atoms with Crippen LogP contribution < -0.4 is 4.74 Å². The van der Waals surface area contributed by atoms with Gasteiger partial charge in [0.1, 0.15) is 5.60 Å². The molecule has 1 aliphatic carbocycles. The number of hydrogen-bond acceptors (Lipinski definition) is 4. The highest BCUT2D eigenvalue weighted by Gasteiger charge is 2.39. The zero-order chi connectivity index (χ0) is 21.4. The number of carbonyl (C=O) groups excluding carboxylic acids is 1. The molecule has 0 N–H and O–H groups in total. The summed E-state index contributed by atoms with van der Waals surface area (Å²) < 4.78 is 11.0. The molecular weight excluding hydrogens is 364 g/mol. The van der Waals surface area contributed by atoms with Crippen LogP contribution in [0.2, 0.25) is 0 Å². The lowest BCUT2D eigenvalue weighted by molar-refractivity contribution is -0.147. The van der Waals surface area contributed by atoms with Crippen LogP contribution in [0.15, 0.2) is 42.0 Å². The second kappa shape index (κ2) is 7.36. The van der Waals surface area contributed by atoms with Gasteiger partial charge < -0.3 is 9.47 Å². The number of pyridine rings is 1. The van der Waals surface area contributed by atoms with E-state index in [2.05, 4.69) is 23.7 Å². The van der Waals surface area contributed by atoms with Crippen LogP contribution in [-0.4, -0.2) is 23.7 Å². The zero-order valence-electron chi connectivity index (χ0n) is 17.8. The summed E-state index contributed by atoms with van der Waals surface area (Å²) in [4.78, 5) is 21.4. The Kier molecular flexibility index (Phi) is 5.23. The van der Waals surface area contributed by atoms with Crippen LogP contribution in [0.3, 0.4) is 0 Å². The third kappa shape index (κ3) is 4.02. The van der Waals surface area contributed by atoms with Crippen LogP contribution in [-0.2, 0) is 21.4 Å². The average molecular weight is 390 g/mol. The van der Waals surface area contributed by atoms with Gasteiger partial charge in [-0.15, -0.1) is 0 Å². The van der Waals surface area contributed by atoms with Crippen molar-refractivity contribution in [3.05, 3.63) is 70.2 Å². The quantitative estimate of drug-likeness (QED) is 0.527. The van der Waals surface area contributed by atoms with Crippen molar-refractivity contribution in [2.75, 3.05) is 7.11 Å². The van der Waals surface area contributed by atoms with Gasteiger partial charge in [-0.05, 0) is 50.0 Å². The summed E-state index contributed by atoms with van der Waals surface area (Å²) in [6.07, 6.45) is 0.569. The van der Waals surface area contributed by atoms with Crippen LogP contribution in [0.1, 0.15) is 51.4 Å². The fraction of sp³-hybridized carbons (Fsp3) is 0.375. The monoisotopic (exact) mass is 390 g/mol. The van der Waals surface area contributed by atoms with Crippen LogP contribution in [0, 0.1) is 6.57 Å². The smallest absolute Gasteiger partial charge is 0.339 e. The molecule has 0 saturated carbocycles. The van der Waals surface area contributed by atoms with E-state index in [1.165, 1.54) is 0 Å². The van der Waals surface area contributed by atoms with Crippen LogP contribution in [0.4, 0.5) is 5.69 Å². The molecule has 29 heavy (non-hydrogen) atoms. The predicted octanol–water partition coefficient (Wildman–Crippen LogP) is 5.27. The molecule has 1 aromatic carbocycles. The normalized spacial score (nSPS) is 13.7. The Hall–Kier alpha value is -3.13. The van der Waals surface area contributed by atoms with Crippen LogP contribution in [0.5, 0.6) is 5.88 Å². The first-order valence-corrected chi connectivity index (χ1v) is 9.56. The summed E-state index contributed by atoms with van der Waals surface area (Å²) in [5.41, 5.74) is 3.54. The third-order valence-corrected chi connectivity index (χ3v) is 5.09. The highest BCUT2D eigenvalue weighted by Crippen LogP contribution is 2.45. The molecule has 5 heteroatoms. The number of ether oxygens (including phenoxy) is 2. The molecule has 2 aromatic rings. The van der Waals surface area contributed by atoms with Gasteiger partial charge in [0.15, 0.2) is 5.69 Å². The van der Waals surface area contributed by atoms with E-state index >= 15 is 0 Å². The summed E-state index contributed by atoms with van der Waals surface area (Å²) in [7, 11) is 1.59. The van der Waals surface area contributed by atoms with Crippen molar-refractivity contribution >= 4 is 17.2 Å². The first-order chi connectivity index (χ1) is 13.6. The summed E-state index contributed by atoms with van der Waals surface area (Å²) in [5.74, 6) is 0.179. The number of benzene rings is 1. The van der Waals surface area contributed by atoms with E-state index in [1.54, 1.807) is 19.2 Å². The van der Waals surface area contributed by atoms with Gasteiger partial charge in [0.2, 0.25) is 5.88 Å². The van der Waals surface area contributed by atoms with Gasteiger partial charge >= 0.3 is 5.97 Å². The zero-order valence-corrected chi connectivity index (χ0v) is 17.8. The minimum Gasteiger partial charge on any atom is -0.481 e. The fourth-order valence-corrected chi connectivity index (χ4v) is 3.61. The van der Waals surface area contributed by atoms with Crippen molar-refractivity contribution < 1.29 is 14.3 Å². The number of nitrogens with zero attached hydrogens (tertiary/aromatic N) is 2. The van der Waals surface area contributed by atoms with Gasteiger partial charge in [-0.2, -0.15) is 0 Å². The number of methoxy groups -OCH3 is 1. The predicted molar refractivity (Wildman–Crippen MR) is 113 cm³/mol. The summed E-state index contributed by atoms with van der Waals surface area (Å²) in [6, 6.07) is 11.1. The molecule has 1 aliphatic rings. The van der Waals surface area contributed by atoms with Gasteiger partial charge in [0.05, 0.1) is 24.9 Å².